The molecule has 164 valence electrons. The van der Waals surface area contributed by atoms with Crippen LogP contribution in [0.15, 0.2) is 29.3 Å². The number of rotatable bonds is 12. The molecule has 6 heteroatoms. The molecule has 1 aliphatic heterocycles. The van der Waals surface area contributed by atoms with Crippen LogP contribution in [0.1, 0.15) is 50.2 Å². The van der Waals surface area contributed by atoms with E-state index in [-0.39, 0.29) is 0 Å². The number of nitrogens with zero attached hydrogens (tertiary/aromatic N) is 2. The highest BCUT2D eigenvalue weighted by molar-refractivity contribution is 5.79. The van der Waals surface area contributed by atoms with Crippen LogP contribution < -0.4 is 10.6 Å². The summed E-state index contributed by atoms with van der Waals surface area (Å²) in [6, 6.07) is 8.94. The fourth-order valence-corrected chi connectivity index (χ4v) is 3.44. The lowest BCUT2D eigenvalue weighted by Crippen LogP contribution is -2.38. The van der Waals surface area contributed by atoms with E-state index in [2.05, 4.69) is 46.7 Å². The molecule has 0 radical (unpaired) electrons. The summed E-state index contributed by atoms with van der Waals surface area (Å²) in [5.41, 5.74) is 2.64. The van der Waals surface area contributed by atoms with Gasteiger partial charge in [-0.3, -0.25) is 4.90 Å². The van der Waals surface area contributed by atoms with Gasteiger partial charge in [0.2, 0.25) is 0 Å². The van der Waals surface area contributed by atoms with Gasteiger partial charge in [-0.15, -0.1) is 0 Å². The minimum absolute atomic E-state index is 0.647. The molecule has 0 atom stereocenters. The zero-order chi connectivity index (χ0) is 20.6. The van der Waals surface area contributed by atoms with Gasteiger partial charge < -0.3 is 20.1 Å². The molecule has 1 fully saturated rings. The Balaban J connectivity index is 1.73. The van der Waals surface area contributed by atoms with Gasteiger partial charge in [0, 0.05) is 33.4 Å². The van der Waals surface area contributed by atoms with Gasteiger partial charge >= 0.3 is 0 Å². The van der Waals surface area contributed by atoms with Gasteiger partial charge in [0.1, 0.15) is 0 Å². The van der Waals surface area contributed by atoms with Crippen molar-refractivity contribution in [1.29, 1.82) is 0 Å². The SMILES string of the molecule is CCNC(=NCc1ccc(CN2CCCCCC2)cc1)NCCCOCCOC. The van der Waals surface area contributed by atoms with Crippen molar-refractivity contribution >= 4 is 5.96 Å². The van der Waals surface area contributed by atoms with Crippen molar-refractivity contribution in [3.8, 4) is 0 Å². The zero-order valence-corrected chi connectivity index (χ0v) is 18.4. The summed E-state index contributed by atoms with van der Waals surface area (Å²) >= 11 is 0. The maximum absolute atomic E-state index is 5.49. The minimum atomic E-state index is 0.647. The van der Waals surface area contributed by atoms with Crippen LogP contribution in [-0.4, -0.2) is 64.0 Å². The van der Waals surface area contributed by atoms with Gasteiger partial charge in [-0.1, -0.05) is 37.1 Å². The summed E-state index contributed by atoms with van der Waals surface area (Å²) in [5.74, 6) is 0.859. The average Bonchev–Trinajstić information content (AvgIpc) is 3.01. The highest BCUT2D eigenvalue weighted by atomic mass is 16.5. The molecule has 0 unspecified atom stereocenters. The van der Waals surface area contributed by atoms with Crippen molar-refractivity contribution in [2.24, 2.45) is 4.99 Å². The van der Waals surface area contributed by atoms with Crippen molar-refractivity contribution in [3.05, 3.63) is 35.4 Å². The van der Waals surface area contributed by atoms with E-state index in [9.17, 15) is 0 Å². The van der Waals surface area contributed by atoms with Gasteiger partial charge in [-0.05, 0) is 50.4 Å². The Morgan fingerprint density at radius 3 is 2.38 bits per heavy atom. The molecule has 6 nitrogen and oxygen atoms in total. The van der Waals surface area contributed by atoms with E-state index in [1.807, 2.05) is 0 Å². The lowest BCUT2D eigenvalue weighted by atomic mass is 10.1. The number of aliphatic imine (C=N–C) groups is 1. The number of benzene rings is 1. The van der Waals surface area contributed by atoms with E-state index in [0.29, 0.717) is 19.8 Å². The Kier molecular flexibility index (Phi) is 12.4. The third-order valence-corrected chi connectivity index (χ3v) is 5.08. The molecule has 1 saturated heterocycles. The molecule has 1 aliphatic rings. The second kappa shape index (κ2) is 15.2. The maximum atomic E-state index is 5.49. The molecule has 0 amide bonds. The molecule has 0 bridgehead atoms. The molecule has 0 aliphatic carbocycles. The van der Waals surface area contributed by atoms with E-state index < -0.39 is 0 Å². The van der Waals surface area contributed by atoms with Crippen molar-refractivity contribution in [2.75, 3.05) is 53.1 Å². The van der Waals surface area contributed by atoms with Crippen molar-refractivity contribution in [2.45, 2.75) is 52.1 Å². The number of methoxy groups -OCH3 is 1. The Morgan fingerprint density at radius 1 is 0.966 bits per heavy atom. The second-order valence-corrected chi connectivity index (χ2v) is 7.59. The first kappa shape index (κ1) is 23.6. The first-order valence-corrected chi connectivity index (χ1v) is 11.2. The van der Waals surface area contributed by atoms with Gasteiger partial charge in [-0.25, -0.2) is 4.99 Å². The average molecular weight is 405 g/mol. The first-order chi connectivity index (χ1) is 14.3. The van der Waals surface area contributed by atoms with Gasteiger partial charge in [0.25, 0.3) is 0 Å². The maximum Gasteiger partial charge on any atom is 0.191 e. The minimum Gasteiger partial charge on any atom is -0.382 e. The summed E-state index contributed by atoms with van der Waals surface area (Å²) in [6.45, 7) is 10.0. The molecular weight excluding hydrogens is 364 g/mol. The van der Waals surface area contributed by atoms with Gasteiger partial charge in [0.15, 0.2) is 5.96 Å². The Morgan fingerprint density at radius 2 is 1.69 bits per heavy atom. The quantitative estimate of drug-likeness (QED) is 0.318. The Bertz CT molecular complexity index is 555. The Labute approximate surface area is 177 Å². The topological polar surface area (TPSA) is 58.1 Å². The van der Waals surface area contributed by atoms with Crippen LogP contribution in [0.5, 0.6) is 0 Å². The molecule has 2 N–H and O–H groups in total. The van der Waals surface area contributed by atoms with Crippen LogP contribution in [0.3, 0.4) is 0 Å². The van der Waals surface area contributed by atoms with E-state index >= 15 is 0 Å². The van der Waals surface area contributed by atoms with Crippen molar-refractivity contribution < 1.29 is 9.47 Å². The summed E-state index contributed by atoms with van der Waals surface area (Å²) in [6.07, 6.45) is 6.39. The molecule has 2 rings (SSSR count). The molecule has 0 saturated carbocycles. The largest absolute Gasteiger partial charge is 0.382 e. The number of guanidine groups is 1. The third kappa shape index (κ3) is 10.6. The van der Waals surface area contributed by atoms with Gasteiger partial charge in [-0.2, -0.15) is 0 Å². The lowest BCUT2D eigenvalue weighted by molar-refractivity contribution is 0.0698. The third-order valence-electron chi connectivity index (χ3n) is 5.08. The van der Waals surface area contributed by atoms with Gasteiger partial charge in [0.05, 0.1) is 19.8 Å². The predicted octanol–water partition coefficient (Wildman–Crippen LogP) is 3.17. The molecule has 0 spiro atoms. The highest BCUT2D eigenvalue weighted by Crippen LogP contribution is 2.14. The molecule has 1 aromatic rings. The zero-order valence-electron chi connectivity index (χ0n) is 18.4. The van der Waals surface area contributed by atoms with Crippen LogP contribution in [0.25, 0.3) is 0 Å². The summed E-state index contributed by atoms with van der Waals surface area (Å²) in [5, 5.41) is 6.68. The van der Waals surface area contributed by atoms with Crippen LogP contribution in [0.4, 0.5) is 0 Å². The molecule has 0 aromatic heterocycles. The monoisotopic (exact) mass is 404 g/mol. The molecule has 1 aromatic carbocycles. The van der Waals surface area contributed by atoms with Crippen LogP contribution >= 0.6 is 0 Å². The van der Waals surface area contributed by atoms with Crippen molar-refractivity contribution in [3.63, 3.8) is 0 Å². The standard InChI is InChI=1S/C23H40N4O2/c1-3-24-23(25-13-8-16-29-18-17-28-2)26-19-21-9-11-22(12-10-21)20-27-14-6-4-5-7-15-27/h9-12H,3-8,13-20H2,1-2H3,(H2,24,25,26). The van der Waals surface area contributed by atoms with E-state index in [4.69, 9.17) is 14.5 Å². The fraction of sp³-hybridized carbons (Fsp3) is 0.696. The normalized spacial score (nSPS) is 15.9. The number of ether oxygens (including phenoxy) is 2. The fourth-order valence-electron chi connectivity index (χ4n) is 3.44. The smallest absolute Gasteiger partial charge is 0.191 e. The van der Waals surface area contributed by atoms with Crippen LogP contribution in [0, 0.1) is 0 Å². The van der Waals surface area contributed by atoms with Crippen LogP contribution in [0.2, 0.25) is 0 Å². The first-order valence-electron chi connectivity index (χ1n) is 11.2. The van der Waals surface area contributed by atoms with E-state index in [1.165, 1.54) is 49.9 Å². The predicted molar refractivity (Wildman–Crippen MR) is 120 cm³/mol. The van der Waals surface area contributed by atoms with E-state index in [1.54, 1.807) is 7.11 Å². The van der Waals surface area contributed by atoms with Crippen molar-refractivity contribution in [1.82, 2.24) is 15.5 Å². The molecule has 1 heterocycles. The van der Waals surface area contributed by atoms with E-state index in [0.717, 1.165) is 38.6 Å². The van der Waals surface area contributed by atoms with Crippen LogP contribution in [-0.2, 0) is 22.6 Å². The number of nitrogens with one attached hydrogen (secondary N) is 2. The highest BCUT2D eigenvalue weighted by Gasteiger charge is 2.09. The summed E-state index contributed by atoms with van der Waals surface area (Å²) in [4.78, 5) is 7.30. The lowest BCUT2D eigenvalue weighted by Gasteiger charge is -2.19. The number of hydrogen-bond acceptors (Lipinski definition) is 4. The molecular formula is C23H40N4O2. The number of likely N-dealkylation sites (tertiary alicyclic amines) is 1. The second-order valence-electron chi connectivity index (χ2n) is 7.59. The Hall–Kier alpha value is -1.63. The molecule has 29 heavy (non-hydrogen) atoms. The number of hydrogen-bond donors (Lipinski definition) is 2. The summed E-state index contributed by atoms with van der Waals surface area (Å²) < 4.78 is 10.5. The summed E-state index contributed by atoms with van der Waals surface area (Å²) in [7, 11) is 1.69.